The van der Waals surface area contributed by atoms with Crippen LogP contribution in [-0.4, -0.2) is 25.8 Å². The van der Waals surface area contributed by atoms with E-state index in [4.69, 9.17) is 14.1 Å². The van der Waals surface area contributed by atoms with Crippen molar-refractivity contribution in [1.82, 2.24) is 14.6 Å². The highest BCUT2D eigenvalue weighted by atomic mass is 79.9. The minimum absolute atomic E-state index is 0.141. The van der Waals surface area contributed by atoms with E-state index >= 15 is 0 Å². The van der Waals surface area contributed by atoms with E-state index in [9.17, 15) is 14.9 Å². The highest BCUT2D eigenvalue weighted by Crippen LogP contribution is 2.37. The Kier molecular flexibility index (Phi) is 6.70. The summed E-state index contributed by atoms with van der Waals surface area (Å²) in [6.07, 6.45) is 2.64. The molecule has 3 aromatic carbocycles. The highest BCUT2D eigenvalue weighted by molar-refractivity contribution is 9.11. The van der Waals surface area contributed by atoms with Crippen LogP contribution in [0.1, 0.15) is 5.56 Å². The van der Waals surface area contributed by atoms with Gasteiger partial charge in [-0.2, -0.15) is 9.78 Å². The number of benzene rings is 3. The molecule has 0 amide bonds. The molecule has 6 rings (SSSR count). The van der Waals surface area contributed by atoms with Gasteiger partial charge < -0.3 is 9.15 Å². The van der Waals surface area contributed by atoms with E-state index in [1.165, 1.54) is 23.0 Å². The fraction of sp³-hybridized carbons (Fsp3) is 0. The molecule has 0 N–H and O–H groups in total. The van der Waals surface area contributed by atoms with E-state index < -0.39 is 4.92 Å². The molecule has 196 valence electrons. The number of fused-ring (bicyclic) bond motifs is 2. The molecule has 0 bridgehead atoms. The van der Waals surface area contributed by atoms with E-state index in [2.05, 4.69) is 41.9 Å². The Morgan fingerprint density at radius 3 is 2.48 bits per heavy atom. The lowest BCUT2D eigenvalue weighted by molar-refractivity contribution is -0.385. The van der Waals surface area contributed by atoms with Crippen molar-refractivity contribution in [2.24, 2.45) is 5.10 Å². The Labute approximate surface area is 242 Å². The van der Waals surface area contributed by atoms with Crippen molar-refractivity contribution in [3.05, 3.63) is 120 Å². The summed E-state index contributed by atoms with van der Waals surface area (Å²) in [6.45, 7) is 0. The number of halogens is 2. The topological polar surface area (TPSA) is 126 Å². The summed E-state index contributed by atoms with van der Waals surface area (Å²) in [7, 11) is 0. The van der Waals surface area contributed by atoms with Gasteiger partial charge in [0.2, 0.25) is 11.7 Å². The fourth-order valence-corrected chi connectivity index (χ4v) is 5.39. The molecule has 0 spiro atoms. The SMILES string of the molecule is O=c1c2ccccc2nc(-c2cc3ccccc3o2)n1N=Cc1cc(Br)c(Oc2ccc([N+](=O)[O-])cn2)c(Br)c1. The average molecular weight is 661 g/mol. The van der Waals surface area contributed by atoms with Gasteiger partial charge in [0.15, 0.2) is 11.5 Å². The first kappa shape index (κ1) is 25.6. The van der Waals surface area contributed by atoms with Crippen molar-refractivity contribution < 1.29 is 14.1 Å². The summed E-state index contributed by atoms with van der Waals surface area (Å²) in [5.41, 5.74) is 1.35. The first-order valence-electron chi connectivity index (χ1n) is 11.7. The standard InChI is InChI=1S/C28H15Br2N5O5/c29-20-11-16(12-21(30)26(20)40-25-10-9-18(15-31-25)35(37)38)14-32-34-27(24-13-17-5-1-4-8-23(17)39-24)33-22-7-3-2-6-19(22)28(34)36/h1-15H. The number of aromatic nitrogens is 3. The second-order valence-corrected chi connectivity index (χ2v) is 10.2. The van der Waals surface area contributed by atoms with Gasteiger partial charge in [0.1, 0.15) is 11.8 Å². The van der Waals surface area contributed by atoms with E-state index in [-0.39, 0.29) is 23.0 Å². The number of ether oxygens (including phenoxy) is 1. The lowest BCUT2D eigenvalue weighted by atomic mass is 10.2. The van der Waals surface area contributed by atoms with Crippen molar-refractivity contribution >= 4 is 65.6 Å². The third-order valence-corrected chi connectivity index (χ3v) is 7.06. The van der Waals surface area contributed by atoms with Crippen molar-refractivity contribution in [3.8, 4) is 23.2 Å². The second kappa shape index (κ2) is 10.5. The summed E-state index contributed by atoms with van der Waals surface area (Å²) in [6, 6.07) is 22.6. The predicted octanol–water partition coefficient (Wildman–Crippen LogP) is 7.31. The molecule has 0 saturated heterocycles. The maximum atomic E-state index is 13.5. The van der Waals surface area contributed by atoms with E-state index in [0.717, 1.165) is 11.6 Å². The van der Waals surface area contributed by atoms with Gasteiger partial charge in [-0.1, -0.05) is 30.3 Å². The van der Waals surface area contributed by atoms with Crippen LogP contribution in [0, 0.1) is 10.1 Å². The number of para-hydroxylation sites is 2. The van der Waals surface area contributed by atoms with Crippen LogP contribution in [0.15, 0.2) is 108 Å². The van der Waals surface area contributed by atoms with Gasteiger partial charge in [-0.3, -0.25) is 14.9 Å². The van der Waals surface area contributed by atoms with Crippen molar-refractivity contribution in [1.29, 1.82) is 0 Å². The molecule has 0 unspecified atom stereocenters. The van der Waals surface area contributed by atoms with Gasteiger partial charge in [-0.05, 0) is 73.8 Å². The molecule has 0 aliphatic carbocycles. The molecule has 0 aliphatic rings. The molecule has 0 fully saturated rings. The molecule has 12 heteroatoms. The van der Waals surface area contributed by atoms with Crippen LogP contribution < -0.4 is 10.3 Å². The van der Waals surface area contributed by atoms with Gasteiger partial charge in [0.25, 0.3) is 11.2 Å². The lowest BCUT2D eigenvalue weighted by Gasteiger charge is -2.10. The summed E-state index contributed by atoms with van der Waals surface area (Å²) in [5, 5.41) is 16.7. The molecule has 0 saturated carbocycles. The van der Waals surface area contributed by atoms with Crippen LogP contribution in [-0.2, 0) is 0 Å². The molecule has 3 heterocycles. The minimum Gasteiger partial charge on any atom is -0.453 e. The summed E-state index contributed by atoms with van der Waals surface area (Å²) < 4.78 is 14.2. The van der Waals surface area contributed by atoms with Crippen molar-refractivity contribution in [2.45, 2.75) is 0 Å². The monoisotopic (exact) mass is 659 g/mol. The molecule has 0 radical (unpaired) electrons. The first-order chi connectivity index (χ1) is 19.4. The van der Waals surface area contributed by atoms with Gasteiger partial charge in [0.05, 0.1) is 31.0 Å². The normalized spacial score (nSPS) is 11.4. The van der Waals surface area contributed by atoms with Crippen LogP contribution in [0.3, 0.4) is 0 Å². The van der Waals surface area contributed by atoms with E-state index in [1.54, 1.807) is 30.3 Å². The summed E-state index contributed by atoms with van der Waals surface area (Å²) >= 11 is 6.98. The fourth-order valence-electron chi connectivity index (χ4n) is 4.00. The number of rotatable bonds is 6. The molecule has 10 nitrogen and oxygen atoms in total. The summed E-state index contributed by atoms with van der Waals surface area (Å²) in [4.78, 5) is 32.5. The first-order valence-corrected chi connectivity index (χ1v) is 13.3. The molecule has 40 heavy (non-hydrogen) atoms. The Morgan fingerprint density at radius 2 is 1.75 bits per heavy atom. The number of furan rings is 1. The Bertz CT molecular complexity index is 1960. The molecule has 6 aromatic rings. The van der Waals surface area contributed by atoms with E-state index in [0.29, 0.717) is 42.5 Å². The maximum absolute atomic E-state index is 13.5. The molecular weight excluding hydrogens is 646 g/mol. The zero-order chi connectivity index (χ0) is 27.8. The maximum Gasteiger partial charge on any atom is 0.287 e. The third kappa shape index (κ3) is 4.90. The van der Waals surface area contributed by atoms with Gasteiger partial charge in [0, 0.05) is 17.5 Å². The van der Waals surface area contributed by atoms with Crippen LogP contribution in [0.5, 0.6) is 11.6 Å². The zero-order valence-corrected chi connectivity index (χ0v) is 23.4. The largest absolute Gasteiger partial charge is 0.453 e. The molecule has 0 aliphatic heterocycles. The van der Waals surface area contributed by atoms with Crippen molar-refractivity contribution in [2.75, 3.05) is 0 Å². The Morgan fingerprint density at radius 1 is 1.00 bits per heavy atom. The van der Waals surface area contributed by atoms with Gasteiger partial charge in [-0.15, -0.1) is 0 Å². The highest BCUT2D eigenvalue weighted by Gasteiger charge is 2.17. The smallest absolute Gasteiger partial charge is 0.287 e. The Balaban J connectivity index is 1.38. The number of nitro groups is 1. The summed E-state index contributed by atoms with van der Waals surface area (Å²) in [5.74, 6) is 1.25. The molecule has 0 atom stereocenters. The number of hydrogen-bond acceptors (Lipinski definition) is 8. The lowest BCUT2D eigenvalue weighted by Crippen LogP contribution is -2.20. The van der Waals surface area contributed by atoms with Gasteiger partial charge in [-0.25, -0.2) is 9.97 Å². The number of nitrogens with zero attached hydrogens (tertiary/aromatic N) is 5. The van der Waals surface area contributed by atoms with Gasteiger partial charge >= 0.3 is 0 Å². The van der Waals surface area contributed by atoms with Crippen LogP contribution in [0.4, 0.5) is 5.69 Å². The number of hydrogen-bond donors (Lipinski definition) is 0. The third-order valence-electron chi connectivity index (χ3n) is 5.88. The Hall–Kier alpha value is -4.68. The van der Waals surface area contributed by atoms with E-state index in [1.807, 2.05) is 36.4 Å². The minimum atomic E-state index is -0.535. The quantitative estimate of drug-likeness (QED) is 0.104. The zero-order valence-electron chi connectivity index (χ0n) is 20.2. The van der Waals surface area contributed by atoms with Crippen LogP contribution in [0.25, 0.3) is 33.5 Å². The van der Waals surface area contributed by atoms with Crippen LogP contribution >= 0.6 is 31.9 Å². The van der Waals surface area contributed by atoms with Crippen LogP contribution in [0.2, 0.25) is 0 Å². The molecule has 3 aromatic heterocycles. The second-order valence-electron chi connectivity index (χ2n) is 8.49. The van der Waals surface area contributed by atoms with Crippen molar-refractivity contribution in [3.63, 3.8) is 0 Å². The molecular formula is C28H15Br2N5O5. The number of pyridine rings is 1. The predicted molar refractivity (Wildman–Crippen MR) is 157 cm³/mol. The average Bonchev–Trinajstić information content (AvgIpc) is 3.39.